The molecule has 1 aliphatic heterocycles. The maximum atomic E-state index is 10.6. The van der Waals surface area contributed by atoms with Crippen molar-refractivity contribution in [2.45, 2.75) is 25.5 Å². The minimum atomic E-state index is -3.31. The van der Waals surface area contributed by atoms with Crippen LogP contribution in [0.1, 0.15) is 19.3 Å². The molecule has 14 heavy (non-hydrogen) atoms. The molecule has 0 aromatic rings. The Balaban J connectivity index is 2.09. The van der Waals surface area contributed by atoms with Crippen LogP contribution in [0.3, 0.4) is 0 Å². The Morgan fingerprint density at radius 1 is 1.57 bits per heavy atom. The lowest BCUT2D eigenvalue weighted by atomic mass is 10.4. The highest BCUT2D eigenvalue weighted by Crippen LogP contribution is 2.14. The van der Waals surface area contributed by atoms with Crippen molar-refractivity contribution in [2.75, 3.05) is 26.0 Å². The molecule has 1 fully saturated rings. The molecule has 1 saturated heterocycles. The summed E-state index contributed by atoms with van der Waals surface area (Å²) in [6.45, 7) is 1.78. The summed E-state index contributed by atoms with van der Waals surface area (Å²) >= 11 is 0. The Morgan fingerprint density at radius 3 is 2.79 bits per heavy atom. The van der Waals surface area contributed by atoms with Crippen LogP contribution in [-0.4, -0.2) is 50.6 Å². The summed E-state index contributed by atoms with van der Waals surface area (Å²) in [5.74, 6) is 0. The summed E-state index contributed by atoms with van der Waals surface area (Å²) in [5.41, 5.74) is 0. The van der Waals surface area contributed by atoms with Gasteiger partial charge in [0.1, 0.15) is 6.23 Å². The van der Waals surface area contributed by atoms with E-state index < -0.39 is 10.1 Å². The summed E-state index contributed by atoms with van der Waals surface area (Å²) in [4.78, 5) is 1.94. The fourth-order valence-electron chi connectivity index (χ4n) is 1.55. The minimum absolute atomic E-state index is 0.196. The van der Waals surface area contributed by atoms with Crippen molar-refractivity contribution < 1.29 is 17.7 Å². The van der Waals surface area contributed by atoms with Crippen molar-refractivity contribution in [1.29, 1.82) is 0 Å². The van der Waals surface area contributed by atoms with Crippen LogP contribution < -0.4 is 0 Å². The van der Waals surface area contributed by atoms with E-state index in [2.05, 4.69) is 4.18 Å². The van der Waals surface area contributed by atoms with Crippen molar-refractivity contribution in [1.82, 2.24) is 4.90 Å². The van der Waals surface area contributed by atoms with E-state index in [4.69, 9.17) is 0 Å². The predicted octanol–water partition coefficient (Wildman–Crippen LogP) is -0.233. The standard InChI is InChI=1S/C8H17NO4S/c1-14(11,12)13-7-3-6-9-5-2-4-8(9)10/h8,10H,2-7H2,1H3. The van der Waals surface area contributed by atoms with E-state index in [1.54, 1.807) is 0 Å². The molecule has 0 aliphatic carbocycles. The van der Waals surface area contributed by atoms with Crippen LogP contribution in [0.5, 0.6) is 0 Å². The minimum Gasteiger partial charge on any atom is -0.378 e. The van der Waals surface area contributed by atoms with E-state index in [0.717, 1.165) is 25.6 Å². The third-order valence-electron chi connectivity index (χ3n) is 2.22. The summed E-state index contributed by atoms with van der Waals surface area (Å²) in [7, 11) is -3.31. The van der Waals surface area contributed by atoms with Gasteiger partial charge in [-0.3, -0.25) is 9.08 Å². The molecule has 0 bridgehead atoms. The zero-order valence-electron chi connectivity index (χ0n) is 8.35. The largest absolute Gasteiger partial charge is 0.378 e. The summed E-state index contributed by atoms with van der Waals surface area (Å²) in [6, 6.07) is 0. The molecule has 0 spiro atoms. The number of nitrogens with zero attached hydrogens (tertiary/aromatic N) is 1. The van der Waals surface area contributed by atoms with Gasteiger partial charge >= 0.3 is 0 Å². The smallest absolute Gasteiger partial charge is 0.264 e. The number of hydrogen-bond donors (Lipinski definition) is 1. The fraction of sp³-hybridized carbons (Fsp3) is 1.00. The van der Waals surface area contributed by atoms with Crippen molar-refractivity contribution >= 4 is 10.1 Å². The first-order valence-corrected chi connectivity index (χ1v) is 6.57. The van der Waals surface area contributed by atoms with E-state index in [1.807, 2.05) is 4.90 Å². The lowest BCUT2D eigenvalue weighted by Crippen LogP contribution is -2.30. The van der Waals surface area contributed by atoms with Gasteiger partial charge in [0.05, 0.1) is 12.9 Å². The molecule has 0 amide bonds. The van der Waals surface area contributed by atoms with Crippen LogP contribution in [0.2, 0.25) is 0 Å². The topological polar surface area (TPSA) is 66.8 Å². The van der Waals surface area contributed by atoms with Gasteiger partial charge in [-0.05, 0) is 19.3 Å². The van der Waals surface area contributed by atoms with Gasteiger partial charge < -0.3 is 5.11 Å². The normalized spacial score (nSPS) is 24.3. The third kappa shape index (κ3) is 4.36. The second kappa shape index (κ2) is 5.06. The van der Waals surface area contributed by atoms with E-state index in [0.29, 0.717) is 13.0 Å². The highest BCUT2D eigenvalue weighted by molar-refractivity contribution is 7.85. The van der Waals surface area contributed by atoms with Crippen LogP contribution in [0.25, 0.3) is 0 Å². The maximum Gasteiger partial charge on any atom is 0.264 e. The van der Waals surface area contributed by atoms with Crippen LogP contribution in [-0.2, 0) is 14.3 Å². The molecule has 1 unspecified atom stereocenters. The van der Waals surface area contributed by atoms with Gasteiger partial charge in [0.25, 0.3) is 10.1 Å². The van der Waals surface area contributed by atoms with Gasteiger partial charge in [0.2, 0.25) is 0 Å². The zero-order chi connectivity index (χ0) is 10.6. The molecule has 0 radical (unpaired) electrons. The van der Waals surface area contributed by atoms with Crippen LogP contribution in [0, 0.1) is 0 Å². The Bertz CT molecular complexity index is 265. The first-order chi connectivity index (χ1) is 6.49. The molecular formula is C8H17NO4S. The number of hydrogen-bond acceptors (Lipinski definition) is 5. The predicted molar refractivity (Wildman–Crippen MR) is 52.2 cm³/mol. The van der Waals surface area contributed by atoms with Gasteiger partial charge in [-0.25, -0.2) is 0 Å². The molecule has 1 rings (SSSR count). The van der Waals surface area contributed by atoms with Gasteiger partial charge in [0, 0.05) is 13.1 Å². The molecule has 1 heterocycles. The molecule has 1 atom stereocenters. The Morgan fingerprint density at radius 2 is 2.29 bits per heavy atom. The van der Waals surface area contributed by atoms with Gasteiger partial charge in [0.15, 0.2) is 0 Å². The van der Waals surface area contributed by atoms with Crippen LogP contribution >= 0.6 is 0 Å². The van der Waals surface area contributed by atoms with Crippen molar-refractivity contribution in [2.24, 2.45) is 0 Å². The lowest BCUT2D eigenvalue weighted by molar-refractivity contribution is 0.0355. The number of likely N-dealkylation sites (tertiary alicyclic amines) is 1. The molecule has 1 aliphatic rings. The maximum absolute atomic E-state index is 10.6. The zero-order valence-corrected chi connectivity index (χ0v) is 9.16. The number of rotatable bonds is 5. The molecule has 5 nitrogen and oxygen atoms in total. The monoisotopic (exact) mass is 223 g/mol. The van der Waals surface area contributed by atoms with E-state index in [1.165, 1.54) is 0 Å². The van der Waals surface area contributed by atoms with Gasteiger partial charge in [-0.1, -0.05) is 0 Å². The first-order valence-electron chi connectivity index (χ1n) is 4.75. The van der Waals surface area contributed by atoms with Crippen LogP contribution in [0.4, 0.5) is 0 Å². The Labute approximate surface area is 84.8 Å². The average Bonchev–Trinajstić information content (AvgIpc) is 2.44. The molecule has 6 heteroatoms. The number of aliphatic hydroxyl groups is 1. The quantitative estimate of drug-likeness (QED) is 0.515. The molecular weight excluding hydrogens is 206 g/mol. The molecule has 0 saturated carbocycles. The fourth-order valence-corrected chi connectivity index (χ4v) is 1.97. The Kier molecular flexibility index (Phi) is 4.31. The summed E-state index contributed by atoms with van der Waals surface area (Å²) in [5, 5.41) is 9.41. The molecule has 0 aromatic carbocycles. The van der Waals surface area contributed by atoms with E-state index in [9.17, 15) is 13.5 Å². The second-order valence-electron chi connectivity index (χ2n) is 3.54. The van der Waals surface area contributed by atoms with E-state index >= 15 is 0 Å². The SMILES string of the molecule is CS(=O)(=O)OCCCN1CCCC1O. The van der Waals surface area contributed by atoms with Crippen molar-refractivity contribution in [3.05, 3.63) is 0 Å². The van der Waals surface area contributed by atoms with Crippen molar-refractivity contribution in [3.8, 4) is 0 Å². The highest BCUT2D eigenvalue weighted by atomic mass is 32.2. The molecule has 0 aromatic heterocycles. The van der Waals surface area contributed by atoms with Crippen LogP contribution in [0.15, 0.2) is 0 Å². The van der Waals surface area contributed by atoms with E-state index in [-0.39, 0.29) is 12.8 Å². The highest BCUT2D eigenvalue weighted by Gasteiger charge is 2.20. The molecule has 1 N–H and O–H groups in total. The third-order valence-corrected chi connectivity index (χ3v) is 2.81. The van der Waals surface area contributed by atoms with Gasteiger partial charge in [-0.15, -0.1) is 0 Å². The lowest BCUT2D eigenvalue weighted by Gasteiger charge is -2.19. The second-order valence-corrected chi connectivity index (χ2v) is 5.18. The summed E-state index contributed by atoms with van der Waals surface area (Å²) in [6.07, 6.45) is 3.14. The van der Waals surface area contributed by atoms with Crippen molar-refractivity contribution in [3.63, 3.8) is 0 Å². The average molecular weight is 223 g/mol. The summed E-state index contributed by atoms with van der Waals surface area (Å²) < 4.78 is 25.8. The number of aliphatic hydroxyl groups excluding tert-OH is 1. The first kappa shape index (κ1) is 11.9. The van der Waals surface area contributed by atoms with Gasteiger partial charge in [-0.2, -0.15) is 8.42 Å². The Hall–Kier alpha value is -0.170. The molecule has 84 valence electrons.